The summed E-state index contributed by atoms with van der Waals surface area (Å²) in [6.45, 7) is 0. The number of hydrogen-bond donors (Lipinski definition) is 1. The number of nitrogens with zero attached hydrogens (tertiary/aromatic N) is 1. The maximum atomic E-state index is 8.93. The van der Waals surface area contributed by atoms with Crippen molar-refractivity contribution in [3.63, 3.8) is 0 Å². The van der Waals surface area contributed by atoms with Crippen molar-refractivity contribution < 1.29 is 5.11 Å². The molecule has 0 aliphatic carbocycles. The predicted molar refractivity (Wildman–Crippen MR) is 43.5 cm³/mol. The Morgan fingerprint density at radius 1 is 1.70 bits per heavy atom. The molecule has 1 aromatic rings. The minimum atomic E-state index is 0.138. The third-order valence-corrected chi connectivity index (χ3v) is 1.99. The SMILES string of the molecule is Oc1cnc(Cl)c(CBr)c1. The van der Waals surface area contributed by atoms with Gasteiger partial charge in [0.2, 0.25) is 0 Å². The van der Waals surface area contributed by atoms with E-state index >= 15 is 0 Å². The highest BCUT2D eigenvalue weighted by Gasteiger charge is 1.99. The second kappa shape index (κ2) is 3.21. The Hall–Kier alpha value is -0.280. The largest absolute Gasteiger partial charge is 0.506 e. The van der Waals surface area contributed by atoms with Crippen molar-refractivity contribution in [2.24, 2.45) is 0 Å². The lowest BCUT2D eigenvalue weighted by Gasteiger charge is -1.97. The molecule has 0 aromatic carbocycles. The molecule has 1 aromatic heterocycles. The highest BCUT2D eigenvalue weighted by molar-refractivity contribution is 9.08. The van der Waals surface area contributed by atoms with E-state index in [1.165, 1.54) is 6.20 Å². The van der Waals surface area contributed by atoms with E-state index in [4.69, 9.17) is 16.7 Å². The number of alkyl halides is 1. The van der Waals surface area contributed by atoms with Crippen LogP contribution >= 0.6 is 27.5 Å². The van der Waals surface area contributed by atoms with E-state index < -0.39 is 0 Å². The molecule has 10 heavy (non-hydrogen) atoms. The second-order valence-electron chi connectivity index (χ2n) is 1.78. The molecule has 0 fully saturated rings. The molecular formula is C6H5BrClNO. The molecule has 0 aliphatic heterocycles. The Labute approximate surface area is 72.0 Å². The number of halogens is 2. The maximum Gasteiger partial charge on any atom is 0.134 e. The number of hydrogen-bond acceptors (Lipinski definition) is 2. The molecule has 0 saturated carbocycles. The van der Waals surface area contributed by atoms with Gasteiger partial charge in [0.1, 0.15) is 10.9 Å². The first kappa shape index (κ1) is 7.82. The van der Waals surface area contributed by atoms with Gasteiger partial charge in [-0.3, -0.25) is 0 Å². The van der Waals surface area contributed by atoms with Gasteiger partial charge >= 0.3 is 0 Å². The summed E-state index contributed by atoms with van der Waals surface area (Å²) in [5.74, 6) is 0.138. The van der Waals surface area contributed by atoms with Gasteiger partial charge in [-0.1, -0.05) is 27.5 Å². The zero-order chi connectivity index (χ0) is 7.56. The number of pyridine rings is 1. The van der Waals surface area contributed by atoms with E-state index in [0.717, 1.165) is 5.56 Å². The van der Waals surface area contributed by atoms with Crippen LogP contribution in [0.15, 0.2) is 12.3 Å². The van der Waals surface area contributed by atoms with Gasteiger partial charge in [0.05, 0.1) is 6.20 Å². The Balaban J connectivity index is 3.09. The maximum absolute atomic E-state index is 8.93. The molecule has 4 heteroatoms. The van der Waals surface area contributed by atoms with Crippen LogP contribution in [0, 0.1) is 0 Å². The molecule has 0 atom stereocenters. The quantitative estimate of drug-likeness (QED) is 0.584. The summed E-state index contributed by atoms with van der Waals surface area (Å²) < 4.78 is 0. The Morgan fingerprint density at radius 3 is 2.90 bits per heavy atom. The van der Waals surface area contributed by atoms with Gasteiger partial charge in [0.15, 0.2) is 0 Å². The molecule has 1 N–H and O–H groups in total. The van der Waals surface area contributed by atoms with Crippen molar-refractivity contribution in [3.05, 3.63) is 23.0 Å². The van der Waals surface area contributed by atoms with Crippen LogP contribution in [0.1, 0.15) is 5.56 Å². The molecule has 0 amide bonds. The smallest absolute Gasteiger partial charge is 0.134 e. The molecule has 2 nitrogen and oxygen atoms in total. The van der Waals surface area contributed by atoms with E-state index in [2.05, 4.69) is 20.9 Å². The third-order valence-electron chi connectivity index (χ3n) is 1.04. The summed E-state index contributed by atoms with van der Waals surface area (Å²) in [5.41, 5.74) is 0.793. The summed E-state index contributed by atoms with van der Waals surface area (Å²) in [7, 11) is 0. The molecule has 0 spiro atoms. The highest BCUT2D eigenvalue weighted by Crippen LogP contribution is 2.19. The van der Waals surface area contributed by atoms with Gasteiger partial charge < -0.3 is 5.11 Å². The fraction of sp³-hybridized carbons (Fsp3) is 0.167. The van der Waals surface area contributed by atoms with E-state index in [0.29, 0.717) is 10.5 Å². The average molecular weight is 222 g/mol. The van der Waals surface area contributed by atoms with Crippen molar-refractivity contribution in [2.45, 2.75) is 5.33 Å². The van der Waals surface area contributed by atoms with Crippen molar-refractivity contribution in [3.8, 4) is 5.75 Å². The summed E-state index contributed by atoms with van der Waals surface area (Å²) >= 11 is 8.85. The van der Waals surface area contributed by atoms with Crippen LogP contribution in [-0.4, -0.2) is 10.1 Å². The molecule has 0 radical (unpaired) electrons. The average Bonchev–Trinajstić information content (AvgIpc) is 1.94. The zero-order valence-electron chi connectivity index (χ0n) is 5.01. The van der Waals surface area contributed by atoms with Crippen LogP contribution in [0.5, 0.6) is 5.75 Å². The summed E-state index contributed by atoms with van der Waals surface area (Å²) in [5, 5.41) is 9.96. The van der Waals surface area contributed by atoms with E-state index in [9.17, 15) is 0 Å². The topological polar surface area (TPSA) is 33.1 Å². The normalized spacial score (nSPS) is 9.80. The monoisotopic (exact) mass is 221 g/mol. The number of aromatic nitrogens is 1. The molecule has 0 aliphatic rings. The van der Waals surface area contributed by atoms with Crippen LogP contribution in [0.3, 0.4) is 0 Å². The van der Waals surface area contributed by atoms with Crippen molar-refractivity contribution >= 4 is 27.5 Å². The highest BCUT2D eigenvalue weighted by atomic mass is 79.9. The molecule has 0 bridgehead atoms. The van der Waals surface area contributed by atoms with Gasteiger partial charge in [-0.25, -0.2) is 4.98 Å². The Bertz CT molecular complexity index is 241. The lowest BCUT2D eigenvalue weighted by molar-refractivity contribution is 0.472. The first-order valence-corrected chi connectivity index (χ1v) is 4.13. The molecule has 0 unspecified atom stereocenters. The molecule has 1 heterocycles. The van der Waals surface area contributed by atoms with Gasteiger partial charge in [-0.2, -0.15) is 0 Å². The van der Waals surface area contributed by atoms with Crippen LogP contribution in [-0.2, 0) is 5.33 Å². The lowest BCUT2D eigenvalue weighted by Crippen LogP contribution is -1.82. The standard InChI is InChI=1S/C6H5BrClNO/c7-2-4-1-5(10)3-9-6(4)8/h1,3,10H,2H2. The predicted octanol–water partition coefficient (Wildman–Crippen LogP) is 2.34. The fourth-order valence-electron chi connectivity index (χ4n) is 0.575. The molecule has 54 valence electrons. The molecule has 0 saturated heterocycles. The number of rotatable bonds is 1. The van der Waals surface area contributed by atoms with Crippen molar-refractivity contribution in [2.75, 3.05) is 0 Å². The summed E-state index contributed by atoms with van der Waals surface area (Å²) in [6.07, 6.45) is 1.31. The van der Waals surface area contributed by atoms with Gasteiger partial charge in [0, 0.05) is 10.9 Å². The van der Waals surface area contributed by atoms with Crippen LogP contribution in [0.25, 0.3) is 0 Å². The molecule has 1 rings (SSSR count). The van der Waals surface area contributed by atoms with Gasteiger partial charge in [0.25, 0.3) is 0 Å². The first-order chi connectivity index (χ1) is 4.74. The van der Waals surface area contributed by atoms with Crippen LogP contribution in [0.2, 0.25) is 5.15 Å². The fourth-order valence-corrected chi connectivity index (χ4v) is 1.33. The van der Waals surface area contributed by atoms with Crippen molar-refractivity contribution in [1.29, 1.82) is 0 Å². The minimum absolute atomic E-state index is 0.138. The van der Waals surface area contributed by atoms with Crippen LogP contribution < -0.4 is 0 Å². The van der Waals surface area contributed by atoms with E-state index in [1.54, 1.807) is 6.07 Å². The van der Waals surface area contributed by atoms with Gasteiger partial charge in [-0.05, 0) is 6.07 Å². The minimum Gasteiger partial charge on any atom is -0.506 e. The van der Waals surface area contributed by atoms with E-state index in [1.807, 2.05) is 0 Å². The van der Waals surface area contributed by atoms with Crippen LogP contribution in [0.4, 0.5) is 0 Å². The van der Waals surface area contributed by atoms with Gasteiger partial charge in [-0.15, -0.1) is 0 Å². The summed E-state index contributed by atoms with van der Waals surface area (Å²) in [6, 6.07) is 1.57. The zero-order valence-corrected chi connectivity index (χ0v) is 7.35. The number of aromatic hydroxyl groups is 1. The second-order valence-corrected chi connectivity index (χ2v) is 2.70. The van der Waals surface area contributed by atoms with E-state index in [-0.39, 0.29) is 5.75 Å². The Kier molecular flexibility index (Phi) is 2.51. The Morgan fingerprint density at radius 2 is 2.40 bits per heavy atom. The van der Waals surface area contributed by atoms with Crippen molar-refractivity contribution in [1.82, 2.24) is 4.98 Å². The lowest BCUT2D eigenvalue weighted by atomic mass is 10.3. The molecular weight excluding hydrogens is 217 g/mol. The third kappa shape index (κ3) is 1.61. The summed E-state index contributed by atoms with van der Waals surface area (Å²) in [4.78, 5) is 3.73. The first-order valence-electron chi connectivity index (χ1n) is 2.63.